The predicted octanol–water partition coefficient (Wildman–Crippen LogP) is 2.25. The molecule has 2 atom stereocenters. The third-order valence-corrected chi connectivity index (χ3v) is 4.13. The third kappa shape index (κ3) is 4.51. The van der Waals surface area contributed by atoms with Crippen LogP contribution in [-0.2, 0) is 4.79 Å². The van der Waals surface area contributed by atoms with Gasteiger partial charge in [-0.2, -0.15) is 11.8 Å². The Hall–Kier alpha value is -0.220. The number of nitrogens with zero attached hydrogens (tertiary/aromatic N) is 1. The zero-order valence-corrected chi connectivity index (χ0v) is 12.0. The minimum Gasteiger partial charge on any atom is -0.338 e. The average molecular weight is 258 g/mol. The van der Waals surface area contributed by atoms with Crippen molar-refractivity contribution in [2.75, 3.05) is 18.6 Å². The number of piperidine rings is 1. The molecule has 0 aliphatic carbocycles. The van der Waals surface area contributed by atoms with Crippen molar-refractivity contribution in [3.05, 3.63) is 0 Å². The summed E-state index contributed by atoms with van der Waals surface area (Å²) in [6.45, 7) is 3.10. The second kappa shape index (κ2) is 7.98. The summed E-state index contributed by atoms with van der Waals surface area (Å²) in [5.41, 5.74) is 5.99. The van der Waals surface area contributed by atoms with E-state index in [1.54, 1.807) is 11.8 Å². The molecular weight excluding hydrogens is 232 g/mol. The van der Waals surface area contributed by atoms with Crippen LogP contribution in [0, 0.1) is 0 Å². The topological polar surface area (TPSA) is 46.3 Å². The van der Waals surface area contributed by atoms with E-state index in [9.17, 15) is 4.79 Å². The minimum absolute atomic E-state index is 0.178. The van der Waals surface area contributed by atoms with Crippen LogP contribution in [0.4, 0.5) is 0 Å². The molecule has 0 radical (unpaired) electrons. The molecule has 1 aliphatic heterocycles. The van der Waals surface area contributed by atoms with Crippen LogP contribution in [-0.4, -0.2) is 41.4 Å². The van der Waals surface area contributed by atoms with Gasteiger partial charge in [0.2, 0.25) is 5.91 Å². The summed E-state index contributed by atoms with van der Waals surface area (Å²) in [6, 6.07) is 0.154. The van der Waals surface area contributed by atoms with Crippen molar-refractivity contribution in [1.82, 2.24) is 4.90 Å². The Labute approximate surface area is 109 Å². The Balaban J connectivity index is 2.51. The Morgan fingerprint density at radius 2 is 2.29 bits per heavy atom. The molecular formula is C13H26N2OS. The Morgan fingerprint density at radius 1 is 1.53 bits per heavy atom. The van der Waals surface area contributed by atoms with E-state index in [0.717, 1.165) is 44.4 Å². The van der Waals surface area contributed by atoms with Crippen LogP contribution in [0.2, 0.25) is 0 Å². The van der Waals surface area contributed by atoms with E-state index in [0.29, 0.717) is 6.04 Å². The third-order valence-electron chi connectivity index (χ3n) is 3.48. The maximum Gasteiger partial charge on any atom is 0.239 e. The van der Waals surface area contributed by atoms with Crippen molar-refractivity contribution >= 4 is 17.7 Å². The summed E-state index contributed by atoms with van der Waals surface area (Å²) < 4.78 is 0. The molecule has 1 fully saturated rings. The first-order valence-corrected chi connectivity index (χ1v) is 8.15. The number of hydrogen-bond donors (Lipinski definition) is 1. The van der Waals surface area contributed by atoms with Crippen LogP contribution in [0.3, 0.4) is 0 Å². The number of nitrogens with two attached hydrogens (primary N) is 1. The highest BCUT2D eigenvalue weighted by Crippen LogP contribution is 2.21. The highest BCUT2D eigenvalue weighted by molar-refractivity contribution is 7.98. The molecule has 1 amide bonds. The van der Waals surface area contributed by atoms with Gasteiger partial charge in [-0.3, -0.25) is 4.79 Å². The van der Waals surface area contributed by atoms with Crippen molar-refractivity contribution in [2.45, 2.75) is 57.5 Å². The van der Waals surface area contributed by atoms with Crippen LogP contribution in [0.5, 0.6) is 0 Å². The summed E-state index contributed by atoms with van der Waals surface area (Å²) >= 11 is 1.75. The van der Waals surface area contributed by atoms with E-state index in [1.807, 2.05) is 0 Å². The zero-order chi connectivity index (χ0) is 12.7. The van der Waals surface area contributed by atoms with Crippen molar-refractivity contribution in [1.29, 1.82) is 0 Å². The van der Waals surface area contributed by atoms with Crippen molar-refractivity contribution in [3.63, 3.8) is 0 Å². The zero-order valence-electron chi connectivity index (χ0n) is 11.2. The number of carbonyl (C=O) groups excluding carboxylic acids is 1. The van der Waals surface area contributed by atoms with Gasteiger partial charge in [0, 0.05) is 12.6 Å². The molecule has 0 bridgehead atoms. The first kappa shape index (κ1) is 14.8. The van der Waals surface area contributed by atoms with E-state index in [1.165, 1.54) is 6.42 Å². The van der Waals surface area contributed by atoms with Gasteiger partial charge >= 0.3 is 0 Å². The van der Waals surface area contributed by atoms with E-state index in [2.05, 4.69) is 18.1 Å². The quantitative estimate of drug-likeness (QED) is 0.795. The molecule has 100 valence electrons. The maximum absolute atomic E-state index is 12.3. The standard InChI is InChI=1S/C13H26N2OS/c1-3-6-11-7-4-5-9-15(11)13(16)12(14)8-10-17-2/h11-12H,3-10,14H2,1-2H3/t11?,12-/m0/s1. The average Bonchev–Trinajstić information content (AvgIpc) is 2.36. The van der Waals surface area contributed by atoms with Gasteiger partial charge in [0.1, 0.15) is 0 Å². The summed E-state index contributed by atoms with van der Waals surface area (Å²) in [5, 5.41) is 0. The molecule has 1 rings (SSSR count). The second-order valence-electron chi connectivity index (χ2n) is 4.86. The molecule has 17 heavy (non-hydrogen) atoms. The smallest absolute Gasteiger partial charge is 0.239 e. The van der Waals surface area contributed by atoms with Gasteiger partial charge in [0.25, 0.3) is 0 Å². The van der Waals surface area contributed by atoms with E-state index >= 15 is 0 Å². The fourth-order valence-electron chi connectivity index (χ4n) is 2.51. The van der Waals surface area contributed by atoms with E-state index in [4.69, 9.17) is 5.73 Å². The normalized spacial score (nSPS) is 22.5. The number of likely N-dealkylation sites (tertiary alicyclic amines) is 1. The molecule has 4 heteroatoms. The van der Waals surface area contributed by atoms with Crippen LogP contribution in [0.15, 0.2) is 0 Å². The van der Waals surface area contributed by atoms with Gasteiger partial charge in [0.05, 0.1) is 6.04 Å². The molecule has 0 aromatic rings. The van der Waals surface area contributed by atoms with Crippen molar-refractivity contribution in [2.24, 2.45) is 5.73 Å². The number of thioether (sulfide) groups is 1. The van der Waals surface area contributed by atoms with Gasteiger partial charge in [-0.15, -0.1) is 0 Å². The summed E-state index contributed by atoms with van der Waals surface area (Å²) in [7, 11) is 0. The molecule has 0 aromatic heterocycles. The van der Waals surface area contributed by atoms with E-state index < -0.39 is 0 Å². The van der Waals surface area contributed by atoms with E-state index in [-0.39, 0.29) is 11.9 Å². The predicted molar refractivity (Wildman–Crippen MR) is 75.2 cm³/mol. The van der Waals surface area contributed by atoms with Crippen molar-refractivity contribution < 1.29 is 4.79 Å². The van der Waals surface area contributed by atoms with Crippen LogP contribution < -0.4 is 5.73 Å². The molecule has 0 spiro atoms. The Kier molecular flexibility index (Phi) is 6.97. The fraction of sp³-hybridized carbons (Fsp3) is 0.923. The lowest BCUT2D eigenvalue weighted by Gasteiger charge is -2.37. The lowest BCUT2D eigenvalue weighted by Crippen LogP contribution is -2.50. The molecule has 1 aliphatic rings. The lowest BCUT2D eigenvalue weighted by atomic mass is 9.97. The SMILES string of the molecule is CCCC1CCCCN1C(=O)[C@@H](N)CCSC. The molecule has 2 N–H and O–H groups in total. The van der Waals surface area contributed by atoms with Gasteiger partial charge < -0.3 is 10.6 Å². The molecule has 1 heterocycles. The first-order chi connectivity index (χ1) is 8.20. The molecule has 3 nitrogen and oxygen atoms in total. The molecule has 0 aromatic carbocycles. The second-order valence-corrected chi connectivity index (χ2v) is 5.84. The van der Waals surface area contributed by atoms with Crippen molar-refractivity contribution in [3.8, 4) is 0 Å². The molecule has 1 saturated heterocycles. The molecule has 1 unspecified atom stereocenters. The van der Waals surface area contributed by atoms with Crippen LogP contribution >= 0.6 is 11.8 Å². The fourth-order valence-corrected chi connectivity index (χ4v) is 2.99. The minimum atomic E-state index is -0.292. The Morgan fingerprint density at radius 3 is 2.94 bits per heavy atom. The van der Waals surface area contributed by atoms with Gasteiger partial charge in [0.15, 0.2) is 0 Å². The summed E-state index contributed by atoms with van der Waals surface area (Å²) in [5.74, 6) is 1.15. The highest BCUT2D eigenvalue weighted by Gasteiger charge is 2.28. The summed E-state index contributed by atoms with van der Waals surface area (Å²) in [4.78, 5) is 14.3. The molecule has 0 saturated carbocycles. The number of carbonyl (C=O) groups is 1. The van der Waals surface area contributed by atoms with Gasteiger partial charge in [-0.1, -0.05) is 13.3 Å². The maximum atomic E-state index is 12.3. The highest BCUT2D eigenvalue weighted by atomic mass is 32.2. The largest absolute Gasteiger partial charge is 0.338 e. The lowest BCUT2D eigenvalue weighted by molar-refractivity contribution is -0.136. The number of amides is 1. The van der Waals surface area contributed by atoms with Gasteiger partial charge in [-0.25, -0.2) is 0 Å². The Bertz CT molecular complexity index is 233. The number of hydrogen-bond acceptors (Lipinski definition) is 3. The monoisotopic (exact) mass is 258 g/mol. The first-order valence-electron chi connectivity index (χ1n) is 6.75. The number of rotatable bonds is 6. The van der Waals surface area contributed by atoms with Gasteiger partial charge in [-0.05, 0) is 44.1 Å². The van der Waals surface area contributed by atoms with Crippen LogP contribution in [0.1, 0.15) is 45.4 Å². The summed E-state index contributed by atoms with van der Waals surface area (Å²) in [6.07, 6.45) is 8.69. The van der Waals surface area contributed by atoms with Crippen LogP contribution in [0.25, 0.3) is 0 Å².